The van der Waals surface area contributed by atoms with Gasteiger partial charge in [0.25, 0.3) is 0 Å². The van der Waals surface area contributed by atoms with Crippen LogP contribution in [0.15, 0.2) is 24.3 Å². The van der Waals surface area contributed by atoms with Crippen LogP contribution in [0.3, 0.4) is 0 Å². The Morgan fingerprint density at radius 1 is 1.06 bits per heavy atom. The molecule has 1 saturated heterocycles. The van der Waals surface area contributed by atoms with Crippen LogP contribution in [0.5, 0.6) is 0 Å². The van der Waals surface area contributed by atoms with E-state index in [1.165, 1.54) is 17.5 Å². The highest BCUT2D eigenvalue weighted by Gasteiger charge is 2.39. The first-order chi connectivity index (χ1) is 15.6. The van der Waals surface area contributed by atoms with Crippen LogP contribution < -0.4 is 5.32 Å². The van der Waals surface area contributed by atoms with E-state index in [1.54, 1.807) is 0 Å². The molecule has 0 bridgehead atoms. The van der Waals surface area contributed by atoms with Crippen LogP contribution in [0.1, 0.15) is 76.3 Å². The normalized spacial score (nSPS) is 23.7. The fourth-order valence-electron chi connectivity index (χ4n) is 5.69. The Morgan fingerprint density at radius 3 is 2.41 bits per heavy atom. The maximum absolute atomic E-state index is 13.7. The van der Waals surface area contributed by atoms with Gasteiger partial charge in [0.15, 0.2) is 0 Å². The van der Waals surface area contributed by atoms with Gasteiger partial charge >= 0.3 is 0 Å². The van der Waals surface area contributed by atoms with Gasteiger partial charge in [-0.05, 0) is 62.0 Å². The van der Waals surface area contributed by atoms with Gasteiger partial charge in [-0.1, -0.05) is 57.4 Å². The van der Waals surface area contributed by atoms with Crippen molar-refractivity contribution in [3.8, 4) is 0 Å². The first-order valence-electron chi connectivity index (χ1n) is 12.9. The Balaban J connectivity index is 1.38. The summed E-state index contributed by atoms with van der Waals surface area (Å²) < 4.78 is 6.33. The van der Waals surface area contributed by atoms with Crippen molar-refractivity contribution in [1.82, 2.24) is 10.2 Å². The lowest BCUT2D eigenvalue weighted by Crippen LogP contribution is -2.55. The number of likely N-dealkylation sites (tertiary alicyclic amines) is 1. The van der Waals surface area contributed by atoms with Crippen LogP contribution in [0.25, 0.3) is 0 Å². The van der Waals surface area contributed by atoms with E-state index in [-0.39, 0.29) is 41.8 Å². The van der Waals surface area contributed by atoms with Crippen molar-refractivity contribution >= 4 is 11.8 Å². The molecule has 0 spiro atoms. The molecule has 1 saturated carbocycles. The van der Waals surface area contributed by atoms with E-state index in [9.17, 15) is 9.59 Å². The Labute approximate surface area is 193 Å². The standard InChI is InChI=1S/C27H40N2O3/c1-3-19(2)26(30)28-25(20-10-5-4-6-11-20)27(31)29-15-9-14-23(29)18-32-24-16-21-12-7-8-13-22(21)17-24/h7-8,12-13,19-20,23-25H,3-6,9-11,14-18H2,1-2H3,(H,28,30)/t19-,23+,25+/m1/s1. The summed E-state index contributed by atoms with van der Waals surface area (Å²) in [5.41, 5.74) is 2.78. The maximum Gasteiger partial charge on any atom is 0.245 e. The average Bonchev–Trinajstić information content (AvgIpc) is 3.47. The van der Waals surface area contributed by atoms with Crippen molar-refractivity contribution in [3.05, 3.63) is 35.4 Å². The smallest absolute Gasteiger partial charge is 0.245 e. The number of nitrogens with one attached hydrogen (secondary N) is 1. The highest BCUT2D eigenvalue weighted by molar-refractivity contribution is 5.89. The number of carbonyl (C=O) groups excluding carboxylic acids is 2. The molecule has 5 heteroatoms. The van der Waals surface area contributed by atoms with Crippen LogP contribution in [0.2, 0.25) is 0 Å². The zero-order chi connectivity index (χ0) is 22.5. The zero-order valence-corrected chi connectivity index (χ0v) is 19.9. The monoisotopic (exact) mass is 440 g/mol. The first-order valence-corrected chi connectivity index (χ1v) is 12.9. The van der Waals surface area contributed by atoms with Crippen LogP contribution in [-0.2, 0) is 27.2 Å². The number of fused-ring (bicyclic) bond motifs is 1. The van der Waals surface area contributed by atoms with E-state index in [2.05, 4.69) is 29.6 Å². The molecule has 0 radical (unpaired) electrons. The quantitative estimate of drug-likeness (QED) is 0.657. The summed E-state index contributed by atoms with van der Waals surface area (Å²) in [7, 11) is 0. The van der Waals surface area contributed by atoms with Crippen LogP contribution >= 0.6 is 0 Å². The van der Waals surface area contributed by atoms with Gasteiger partial charge < -0.3 is 15.0 Å². The number of amides is 2. The largest absolute Gasteiger partial charge is 0.375 e. The number of carbonyl (C=O) groups is 2. The molecule has 1 heterocycles. The van der Waals surface area contributed by atoms with E-state index in [1.807, 2.05) is 18.7 Å². The van der Waals surface area contributed by atoms with Crippen molar-refractivity contribution in [2.24, 2.45) is 11.8 Å². The van der Waals surface area contributed by atoms with E-state index in [0.29, 0.717) is 6.61 Å². The second-order valence-corrected chi connectivity index (χ2v) is 10.2. The molecule has 1 N–H and O–H groups in total. The topological polar surface area (TPSA) is 58.6 Å². The molecular formula is C27H40N2O3. The van der Waals surface area contributed by atoms with Gasteiger partial charge in [0, 0.05) is 12.5 Å². The average molecular weight is 441 g/mol. The van der Waals surface area contributed by atoms with Crippen molar-refractivity contribution < 1.29 is 14.3 Å². The summed E-state index contributed by atoms with van der Waals surface area (Å²) in [5.74, 6) is 0.341. The lowest BCUT2D eigenvalue weighted by Gasteiger charge is -2.35. The van der Waals surface area contributed by atoms with Crippen molar-refractivity contribution in [1.29, 1.82) is 0 Å². The number of hydrogen-bond acceptors (Lipinski definition) is 3. The Morgan fingerprint density at radius 2 is 1.75 bits per heavy atom. The number of benzene rings is 1. The lowest BCUT2D eigenvalue weighted by molar-refractivity contribution is -0.141. The molecule has 1 aromatic rings. The Hall–Kier alpha value is -1.88. The van der Waals surface area contributed by atoms with Crippen molar-refractivity contribution in [2.45, 2.75) is 96.2 Å². The minimum atomic E-state index is -0.381. The van der Waals surface area contributed by atoms with E-state index in [0.717, 1.165) is 64.3 Å². The van der Waals surface area contributed by atoms with Gasteiger partial charge in [-0.15, -0.1) is 0 Å². The number of hydrogen-bond donors (Lipinski definition) is 1. The predicted molar refractivity (Wildman–Crippen MR) is 126 cm³/mol. The van der Waals surface area contributed by atoms with Gasteiger partial charge in [-0.2, -0.15) is 0 Å². The first kappa shape index (κ1) is 23.3. The van der Waals surface area contributed by atoms with Gasteiger partial charge in [-0.3, -0.25) is 9.59 Å². The second-order valence-electron chi connectivity index (χ2n) is 10.2. The maximum atomic E-state index is 13.7. The van der Waals surface area contributed by atoms with E-state index in [4.69, 9.17) is 4.74 Å². The molecule has 1 aliphatic heterocycles. The summed E-state index contributed by atoms with van der Waals surface area (Å²) in [4.78, 5) is 28.5. The zero-order valence-electron chi connectivity index (χ0n) is 19.9. The van der Waals surface area contributed by atoms with E-state index < -0.39 is 0 Å². The minimum absolute atomic E-state index is 0.0205. The van der Waals surface area contributed by atoms with Gasteiger partial charge in [-0.25, -0.2) is 0 Å². The lowest BCUT2D eigenvalue weighted by atomic mass is 9.83. The molecular weight excluding hydrogens is 400 g/mol. The summed E-state index contributed by atoms with van der Waals surface area (Å²) in [6.45, 7) is 5.35. The highest BCUT2D eigenvalue weighted by Crippen LogP contribution is 2.30. The van der Waals surface area contributed by atoms with Crippen LogP contribution in [0, 0.1) is 11.8 Å². The van der Waals surface area contributed by atoms with E-state index >= 15 is 0 Å². The van der Waals surface area contributed by atoms with Crippen molar-refractivity contribution in [2.75, 3.05) is 13.2 Å². The third kappa shape index (κ3) is 5.36. The number of ether oxygens (including phenoxy) is 1. The fraction of sp³-hybridized carbons (Fsp3) is 0.704. The Bertz CT molecular complexity index is 764. The summed E-state index contributed by atoms with van der Waals surface area (Å²) in [5, 5.41) is 3.17. The van der Waals surface area contributed by atoms with Gasteiger partial charge in [0.1, 0.15) is 6.04 Å². The van der Waals surface area contributed by atoms with Gasteiger partial charge in [0.2, 0.25) is 11.8 Å². The number of rotatable bonds is 8. The van der Waals surface area contributed by atoms with Crippen LogP contribution in [-0.4, -0.2) is 48.1 Å². The molecule has 2 aliphatic carbocycles. The highest BCUT2D eigenvalue weighted by atomic mass is 16.5. The molecule has 4 rings (SSSR count). The molecule has 5 nitrogen and oxygen atoms in total. The minimum Gasteiger partial charge on any atom is -0.375 e. The molecule has 3 aliphatic rings. The molecule has 2 amide bonds. The molecule has 1 aromatic carbocycles. The second kappa shape index (κ2) is 10.8. The van der Waals surface area contributed by atoms with Gasteiger partial charge in [0.05, 0.1) is 18.8 Å². The van der Waals surface area contributed by atoms with Crippen LogP contribution in [0.4, 0.5) is 0 Å². The molecule has 0 unspecified atom stereocenters. The molecule has 176 valence electrons. The third-order valence-corrected chi connectivity index (χ3v) is 7.94. The fourth-order valence-corrected chi connectivity index (χ4v) is 5.69. The Kier molecular flexibility index (Phi) is 7.88. The molecule has 3 atom stereocenters. The predicted octanol–water partition coefficient (Wildman–Crippen LogP) is 4.27. The molecule has 32 heavy (non-hydrogen) atoms. The SMILES string of the molecule is CC[C@@H](C)C(=O)N[C@H](C(=O)N1CCC[C@H]1COC1Cc2ccccc2C1)C1CCCCC1. The molecule has 2 fully saturated rings. The third-order valence-electron chi connectivity index (χ3n) is 7.94. The summed E-state index contributed by atoms with van der Waals surface area (Å²) in [6.07, 6.45) is 10.6. The number of nitrogens with zero attached hydrogens (tertiary/aromatic N) is 1. The van der Waals surface area contributed by atoms with Crippen molar-refractivity contribution in [3.63, 3.8) is 0 Å². The summed E-state index contributed by atoms with van der Waals surface area (Å²) >= 11 is 0. The molecule has 0 aromatic heterocycles. The summed E-state index contributed by atoms with van der Waals surface area (Å²) in [6, 6.07) is 8.32.